The van der Waals surface area contributed by atoms with E-state index in [-0.39, 0.29) is 34.0 Å². The van der Waals surface area contributed by atoms with Gasteiger partial charge < -0.3 is 5.11 Å². The predicted molar refractivity (Wildman–Crippen MR) is 117 cm³/mol. The summed E-state index contributed by atoms with van der Waals surface area (Å²) in [5.41, 5.74) is 0.644. The van der Waals surface area contributed by atoms with Crippen molar-refractivity contribution in [3.05, 3.63) is 84.2 Å². The summed E-state index contributed by atoms with van der Waals surface area (Å²) in [6, 6.07) is 15.7. The van der Waals surface area contributed by atoms with Crippen molar-refractivity contribution in [1.82, 2.24) is 0 Å². The molecule has 32 heavy (non-hydrogen) atoms. The molecule has 8 nitrogen and oxygen atoms in total. The van der Waals surface area contributed by atoms with Crippen LogP contribution in [0.2, 0.25) is 0 Å². The van der Waals surface area contributed by atoms with Crippen molar-refractivity contribution in [2.45, 2.75) is 22.6 Å². The lowest BCUT2D eigenvalue weighted by Crippen LogP contribution is -2.17. The molecule has 0 aliphatic heterocycles. The Kier molecular flexibility index (Phi) is 6.80. The summed E-state index contributed by atoms with van der Waals surface area (Å²) >= 11 is 0. The number of benzene rings is 3. The Hall–Kier alpha value is -3.44. The van der Waals surface area contributed by atoms with Crippen LogP contribution < -0.4 is 9.44 Å². The van der Waals surface area contributed by atoms with Gasteiger partial charge in [0.25, 0.3) is 20.0 Å². The molecule has 0 aliphatic carbocycles. The van der Waals surface area contributed by atoms with E-state index in [1.54, 1.807) is 0 Å². The molecule has 0 fully saturated rings. The molecule has 0 aromatic heterocycles. The third-order valence-corrected chi connectivity index (χ3v) is 7.16. The van der Waals surface area contributed by atoms with Crippen LogP contribution >= 0.6 is 0 Å². The zero-order chi connectivity index (χ0) is 23.4. The number of hydrogen-bond acceptors (Lipinski definition) is 5. The molecule has 0 bridgehead atoms. The standard InChI is InChI=1S/C21H19FN2O6S2/c22-16-8-12-18(13-9-16)32(29,30)24-20-4-2-1-3-19(20)23-31(27,28)17-10-5-15(6-11-17)7-14-21(25)26/h1-6,8-13,23-24H,7,14H2,(H,25,26). The van der Waals surface area contributed by atoms with Crippen LogP contribution in [-0.2, 0) is 31.3 Å². The second-order valence-electron chi connectivity index (χ2n) is 6.75. The fourth-order valence-electron chi connectivity index (χ4n) is 2.77. The largest absolute Gasteiger partial charge is 0.481 e. The van der Waals surface area contributed by atoms with E-state index in [1.165, 1.54) is 48.5 Å². The smallest absolute Gasteiger partial charge is 0.303 e. The van der Waals surface area contributed by atoms with Crippen molar-refractivity contribution in [3.8, 4) is 0 Å². The van der Waals surface area contributed by atoms with Gasteiger partial charge in [-0.25, -0.2) is 21.2 Å². The number of rotatable bonds is 9. The topological polar surface area (TPSA) is 130 Å². The van der Waals surface area contributed by atoms with Crippen molar-refractivity contribution in [2.75, 3.05) is 9.44 Å². The minimum Gasteiger partial charge on any atom is -0.481 e. The van der Waals surface area contributed by atoms with Gasteiger partial charge >= 0.3 is 5.97 Å². The van der Waals surface area contributed by atoms with Crippen LogP contribution in [0.3, 0.4) is 0 Å². The van der Waals surface area contributed by atoms with Crippen LogP contribution in [0.25, 0.3) is 0 Å². The molecule has 3 aromatic carbocycles. The van der Waals surface area contributed by atoms with Crippen molar-refractivity contribution in [3.63, 3.8) is 0 Å². The van der Waals surface area contributed by atoms with Gasteiger partial charge in [-0.3, -0.25) is 14.2 Å². The van der Waals surface area contributed by atoms with E-state index in [0.717, 1.165) is 24.3 Å². The monoisotopic (exact) mass is 478 g/mol. The molecule has 0 saturated heterocycles. The van der Waals surface area contributed by atoms with Gasteiger partial charge in [-0.1, -0.05) is 24.3 Å². The fraction of sp³-hybridized carbons (Fsp3) is 0.0952. The Morgan fingerprint density at radius 1 is 0.750 bits per heavy atom. The number of halogens is 1. The molecule has 3 rings (SSSR count). The first-order chi connectivity index (χ1) is 15.1. The predicted octanol–water partition coefficient (Wildman–Crippen LogP) is 3.44. The van der Waals surface area contributed by atoms with Crippen LogP contribution in [0.4, 0.5) is 15.8 Å². The fourth-order valence-corrected chi connectivity index (χ4v) is 4.93. The number of sulfonamides is 2. The molecular formula is C21H19FN2O6S2. The highest BCUT2D eigenvalue weighted by Crippen LogP contribution is 2.27. The highest BCUT2D eigenvalue weighted by Gasteiger charge is 2.20. The van der Waals surface area contributed by atoms with Gasteiger partial charge in [-0.15, -0.1) is 0 Å². The minimum absolute atomic E-state index is 0.00635. The molecule has 0 aliphatic rings. The van der Waals surface area contributed by atoms with Crippen LogP contribution in [0.5, 0.6) is 0 Å². The van der Waals surface area contributed by atoms with Gasteiger partial charge in [-0.05, 0) is 60.5 Å². The van der Waals surface area contributed by atoms with Crippen molar-refractivity contribution < 1.29 is 31.1 Å². The minimum atomic E-state index is -4.09. The maximum Gasteiger partial charge on any atom is 0.303 e. The Balaban J connectivity index is 1.82. The van der Waals surface area contributed by atoms with Gasteiger partial charge in [0.2, 0.25) is 0 Å². The Morgan fingerprint density at radius 2 is 1.19 bits per heavy atom. The van der Waals surface area contributed by atoms with Gasteiger partial charge in [0, 0.05) is 6.42 Å². The Morgan fingerprint density at radius 3 is 1.62 bits per heavy atom. The highest BCUT2D eigenvalue weighted by atomic mass is 32.2. The second-order valence-corrected chi connectivity index (χ2v) is 10.1. The van der Waals surface area contributed by atoms with Crippen LogP contribution in [-0.4, -0.2) is 27.9 Å². The first-order valence-corrected chi connectivity index (χ1v) is 12.2. The van der Waals surface area contributed by atoms with Crippen molar-refractivity contribution >= 4 is 37.4 Å². The van der Waals surface area contributed by atoms with Crippen molar-refractivity contribution in [1.29, 1.82) is 0 Å². The molecule has 0 heterocycles. The molecule has 11 heteroatoms. The van der Waals surface area contributed by atoms with E-state index in [1.807, 2.05) is 0 Å². The summed E-state index contributed by atoms with van der Waals surface area (Å²) in [7, 11) is -8.15. The lowest BCUT2D eigenvalue weighted by molar-refractivity contribution is -0.136. The summed E-state index contributed by atoms with van der Waals surface area (Å²) in [6.07, 6.45) is 0.184. The summed E-state index contributed by atoms with van der Waals surface area (Å²) in [5, 5.41) is 8.74. The summed E-state index contributed by atoms with van der Waals surface area (Å²) in [6.45, 7) is 0. The SMILES string of the molecule is O=C(O)CCc1ccc(S(=O)(=O)Nc2ccccc2NS(=O)(=O)c2ccc(F)cc2)cc1. The van der Waals surface area contributed by atoms with Gasteiger partial charge in [-0.2, -0.15) is 0 Å². The maximum absolute atomic E-state index is 13.1. The summed E-state index contributed by atoms with van der Waals surface area (Å²) in [4.78, 5) is 10.4. The van der Waals surface area contributed by atoms with E-state index in [0.29, 0.717) is 5.56 Å². The average Bonchev–Trinajstić information content (AvgIpc) is 2.74. The summed E-state index contributed by atoms with van der Waals surface area (Å²) < 4.78 is 68.5. The number of hydrogen-bond donors (Lipinski definition) is 3. The zero-order valence-corrected chi connectivity index (χ0v) is 18.2. The second kappa shape index (κ2) is 9.37. The van der Waals surface area contributed by atoms with Crippen LogP contribution in [0, 0.1) is 5.82 Å². The number of carboxylic acids is 1. The van der Waals surface area contributed by atoms with E-state index >= 15 is 0 Å². The number of carbonyl (C=O) groups is 1. The van der Waals surface area contributed by atoms with E-state index in [9.17, 15) is 26.0 Å². The van der Waals surface area contributed by atoms with Gasteiger partial charge in [0.05, 0.1) is 21.2 Å². The molecule has 3 N–H and O–H groups in total. The van der Waals surface area contributed by atoms with Crippen LogP contribution in [0.15, 0.2) is 82.6 Å². The van der Waals surface area contributed by atoms with Gasteiger partial charge in [0.15, 0.2) is 0 Å². The number of carboxylic acid groups (broad SMARTS) is 1. The number of para-hydroxylation sites is 2. The molecule has 0 saturated carbocycles. The molecule has 0 amide bonds. The molecule has 0 spiro atoms. The van der Waals surface area contributed by atoms with E-state index in [4.69, 9.17) is 5.11 Å². The first-order valence-electron chi connectivity index (χ1n) is 9.28. The first kappa shape index (κ1) is 23.2. The third kappa shape index (κ3) is 5.83. The average molecular weight is 479 g/mol. The number of nitrogens with one attached hydrogen (secondary N) is 2. The van der Waals surface area contributed by atoms with E-state index < -0.39 is 31.8 Å². The molecule has 3 aromatic rings. The quantitative estimate of drug-likeness (QED) is 0.432. The molecule has 168 valence electrons. The molecule has 0 radical (unpaired) electrons. The van der Waals surface area contributed by atoms with Crippen molar-refractivity contribution in [2.24, 2.45) is 0 Å². The lowest BCUT2D eigenvalue weighted by Gasteiger charge is -2.15. The molecule has 0 atom stereocenters. The zero-order valence-electron chi connectivity index (χ0n) is 16.5. The van der Waals surface area contributed by atoms with E-state index in [2.05, 4.69) is 9.44 Å². The Labute approximate surface area is 184 Å². The lowest BCUT2D eigenvalue weighted by atomic mass is 10.1. The van der Waals surface area contributed by atoms with Crippen LogP contribution in [0.1, 0.15) is 12.0 Å². The number of aryl methyl sites for hydroxylation is 1. The molecule has 0 unspecified atom stereocenters. The summed E-state index contributed by atoms with van der Waals surface area (Å²) in [5.74, 6) is -1.55. The number of anilines is 2. The normalized spacial score (nSPS) is 11.7. The maximum atomic E-state index is 13.1. The highest BCUT2D eigenvalue weighted by molar-refractivity contribution is 7.93. The molecular weight excluding hydrogens is 459 g/mol. The van der Waals surface area contributed by atoms with Gasteiger partial charge in [0.1, 0.15) is 5.82 Å². The number of aliphatic carboxylic acids is 1. The Bertz CT molecular complexity index is 1320. The third-order valence-electron chi connectivity index (χ3n) is 4.40.